The quantitative estimate of drug-likeness (QED) is 0.751. The summed E-state index contributed by atoms with van der Waals surface area (Å²) in [5.74, 6) is -0.128. The topological polar surface area (TPSA) is 75.7 Å². The fourth-order valence-corrected chi connectivity index (χ4v) is 3.33. The summed E-state index contributed by atoms with van der Waals surface area (Å²) < 4.78 is 5.67. The van der Waals surface area contributed by atoms with Gasteiger partial charge in [0.25, 0.3) is 5.91 Å². The second kappa shape index (κ2) is 8.47. The van der Waals surface area contributed by atoms with E-state index >= 15 is 0 Å². The minimum absolute atomic E-state index is 0.00107. The molecule has 1 aliphatic rings. The molecule has 29 heavy (non-hydrogen) atoms. The molecule has 1 atom stereocenters. The van der Waals surface area contributed by atoms with Gasteiger partial charge >= 0.3 is 0 Å². The first-order chi connectivity index (χ1) is 13.8. The Bertz CT molecular complexity index is 967. The molecule has 1 aliphatic heterocycles. The van der Waals surface area contributed by atoms with E-state index in [1.165, 1.54) is 4.90 Å². The standard InChI is InChI=1S/C23H26N2O4/c1-5-7-20(26)17-10-11-21-19(12-17)25(23(28)16(4)29-21)13-22(27)24-18-9-6-8-14(2)15(18)3/h6,8-12,16H,5,7,13H2,1-4H3,(H,24,27). The van der Waals surface area contributed by atoms with E-state index in [0.717, 1.165) is 23.2 Å². The molecule has 0 spiro atoms. The van der Waals surface area contributed by atoms with E-state index in [1.54, 1.807) is 25.1 Å². The van der Waals surface area contributed by atoms with Gasteiger partial charge in [-0.3, -0.25) is 19.3 Å². The summed E-state index contributed by atoms with van der Waals surface area (Å²) in [7, 11) is 0. The van der Waals surface area contributed by atoms with E-state index in [0.29, 0.717) is 23.4 Å². The number of aryl methyl sites for hydroxylation is 1. The predicted molar refractivity (Wildman–Crippen MR) is 113 cm³/mol. The largest absolute Gasteiger partial charge is 0.479 e. The Kier molecular flexibility index (Phi) is 6.01. The predicted octanol–water partition coefficient (Wildman–Crippen LogP) is 4.04. The number of benzene rings is 2. The van der Waals surface area contributed by atoms with E-state index in [4.69, 9.17) is 4.74 Å². The van der Waals surface area contributed by atoms with E-state index in [2.05, 4.69) is 5.32 Å². The number of rotatable bonds is 6. The zero-order chi connectivity index (χ0) is 21.1. The monoisotopic (exact) mass is 394 g/mol. The van der Waals surface area contributed by atoms with Gasteiger partial charge < -0.3 is 10.1 Å². The van der Waals surface area contributed by atoms with Gasteiger partial charge in [-0.05, 0) is 62.6 Å². The number of nitrogens with one attached hydrogen (secondary N) is 1. The second-order valence-electron chi connectivity index (χ2n) is 7.34. The molecule has 1 N–H and O–H groups in total. The van der Waals surface area contributed by atoms with Crippen LogP contribution in [0.25, 0.3) is 0 Å². The van der Waals surface area contributed by atoms with Crippen molar-refractivity contribution in [3.8, 4) is 5.75 Å². The van der Waals surface area contributed by atoms with Gasteiger partial charge in [0.2, 0.25) is 5.91 Å². The van der Waals surface area contributed by atoms with E-state index < -0.39 is 6.10 Å². The Morgan fingerprint density at radius 2 is 1.93 bits per heavy atom. The first kappa shape index (κ1) is 20.6. The molecule has 0 radical (unpaired) electrons. The maximum absolute atomic E-state index is 12.7. The number of nitrogens with zero attached hydrogens (tertiary/aromatic N) is 1. The number of carbonyl (C=O) groups excluding carboxylic acids is 3. The van der Waals surface area contributed by atoms with Crippen LogP contribution in [0.15, 0.2) is 36.4 Å². The van der Waals surface area contributed by atoms with Crippen LogP contribution in [0.5, 0.6) is 5.75 Å². The van der Waals surface area contributed by atoms with Gasteiger partial charge in [0.15, 0.2) is 11.9 Å². The van der Waals surface area contributed by atoms with Crippen molar-refractivity contribution in [1.82, 2.24) is 0 Å². The highest BCUT2D eigenvalue weighted by Crippen LogP contribution is 2.35. The maximum Gasteiger partial charge on any atom is 0.268 e. The fourth-order valence-electron chi connectivity index (χ4n) is 3.33. The number of Topliss-reactive ketones (excluding diaryl/α,β-unsaturated/α-hetero) is 1. The highest BCUT2D eigenvalue weighted by Gasteiger charge is 2.33. The van der Waals surface area contributed by atoms with Crippen LogP contribution in [0.1, 0.15) is 48.2 Å². The molecule has 1 heterocycles. The van der Waals surface area contributed by atoms with E-state index in [9.17, 15) is 14.4 Å². The van der Waals surface area contributed by atoms with Gasteiger partial charge in [-0.15, -0.1) is 0 Å². The summed E-state index contributed by atoms with van der Waals surface area (Å²) in [5.41, 5.74) is 3.73. The van der Waals surface area contributed by atoms with Crippen LogP contribution >= 0.6 is 0 Å². The summed E-state index contributed by atoms with van der Waals surface area (Å²) in [6.45, 7) is 7.35. The molecule has 152 valence electrons. The van der Waals surface area contributed by atoms with Crippen LogP contribution in [0.2, 0.25) is 0 Å². The van der Waals surface area contributed by atoms with Crippen LogP contribution in [0.3, 0.4) is 0 Å². The van der Waals surface area contributed by atoms with Gasteiger partial charge in [-0.25, -0.2) is 0 Å². The Labute approximate surface area is 170 Å². The summed E-state index contributed by atoms with van der Waals surface area (Å²) in [4.78, 5) is 39.1. The first-order valence-corrected chi connectivity index (χ1v) is 9.83. The fraction of sp³-hybridized carbons (Fsp3) is 0.348. The molecule has 0 saturated heterocycles. The first-order valence-electron chi connectivity index (χ1n) is 9.83. The number of hydrogen-bond acceptors (Lipinski definition) is 4. The second-order valence-corrected chi connectivity index (χ2v) is 7.34. The Hall–Kier alpha value is -3.15. The number of anilines is 2. The van der Waals surface area contributed by atoms with Gasteiger partial charge in [0.05, 0.1) is 5.69 Å². The zero-order valence-corrected chi connectivity index (χ0v) is 17.2. The Morgan fingerprint density at radius 3 is 2.66 bits per heavy atom. The van der Waals surface area contributed by atoms with Crippen molar-refractivity contribution in [1.29, 1.82) is 0 Å². The Morgan fingerprint density at radius 1 is 1.17 bits per heavy atom. The molecule has 0 bridgehead atoms. The number of ether oxygens (including phenoxy) is 1. The lowest BCUT2D eigenvalue weighted by Crippen LogP contribution is -2.47. The molecule has 0 aromatic heterocycles. The van der Waals surface area contributed by atoms with Gasteiger partial charge in [-0.1, -0.05) is 19.1 Å². The van der Waals surface area contributed by atoms with Crippen LogP contribution in [-0.2, 0) is 9.59 Å². The van der Waals surface area contributed by atoms with Crippen LogP contribution in [0.4, 0.5) is 11.4 Å². The number of carbonyl (C=O) groups is 3. The third-order valence-electron chi connectivity index (χ3n) is 5.15. The molecule has 0 fully saturated rings. The van der Waals surface area contributed by atoms with Gasteiger partial charge in [0, 0.05) is 17.7 Å². The average molecular weight is 394 g/mol. The number of amides is 2. The molecule has 2 aromatic carbocycles. The lowest BCUT2D eigenvalue weighted by Gasteiger charge is -2.33. The summed E-state index contributed by atoms with van der Waals surface area (Å²) in [6, 6.07) is 10.7. The average Bonchev–Trinajstić information content (AvgIpc) is 2.69. The number of hydrogen-bond donors (Lipinski definition) is 1. The Balaban J connectivity index is 1.87. The molecule has 3 rings (SSSR count). The molecule has 1 unspecified atom stereocenters. The lowest BCUT2D eigenvalue weighted by molar-refractivity contribution is -0.127. The number of fused-ring (bicyclic) bond motifs is 1. The summed E-state index contributed by atoms with van der Waals surface area (Å²) in [6.07, 6.45) is 0.467. The minimum atomic E-state index is -0.701. The molecule has 2 amide bonds. The third-order valence-corrected chi connectivity index (χ3v) is 5.15. The van der Waals surface area contributed by atoms with Crippen molar-refractivity contribution in [3.05, 3.63) is 53.1 Å². The molecule has 0 aliphatic carbocycles. The van der Waals surface area contributed by atoms with Crippen LogP contribution in [0, 0.1) is 13.8 Å². The molecule has 6 heteroatoms. The SMILES string of the molecule is CCCC(=O)c1ccc2c(c1)N(CC(=O)Nc1cccc(C)c1C)C(=O)C(C)O2. The third kappa shape index (κ3) is 4.31. The molecular weight excluding hydrogens is 368 g/mol. The van der Waals surface area contributed by atoms with E-state index in [1.807, 2.05) is 39.0 Å². The minimum Gasteiger partial charge on any atom is -0.479 e. The van der Waals surface area contributed by atoms with Crippen molar-refractivity contribution >= 4 is 29.0 Å². The van der Waals surface area contributed by atoms with Crippen molar-refractivity contribution in [2.45, 2.75) is 46.6 Å². The highest BCUT2D eigenvalue weighted by atomic mass is 16.5. The highest BCUT2D eigenvalue weighted by molar-refractivity contribution is 6.07. The molecule has 6 nitrogen and oxygen atoms in total. The van der Waals surface area contributed by atoms with Crippen LogP contribution in [-0.4, -0.2) is 30.2 Å². The van der Waals surface area contributed by atoms with Crippen molar-refractivity contribution in [2.24, 2.45) is 0 Å². The molecule has 2 aromatic rings. The smallest absolute Gasteiger partial charge is 0.268 e. The van der Waals surface area contributed by atoms with Crippen LogP contribution < -0.4 is 15.0 Å². The van der Waals surface area contributed by atoms with E-state index in [-0.39, 0.29) is 24.1 Å². The van der Waals surface area contributed by atoms with Crippen molar-refractivity contribution < 1.29 is 19.1 Å². The molecule has 0 saturated carbocycles. The van der Waals surface area contributed by atoms with Gasteiger partial charge in [0.1, 0.15) is 12.3 Å². The zero-order valence-electron chi connectivity index (χ0n) is 17.2. The van der Waals surface area contributed by atoms with Crippen molar-refractivity contribution in [2.75, 3.05) is 16.8 Å². The van der Waals surface area contributed by atoms with Crippen molar-refractivity contribution in [3.63, 3.8) is 0 Å². The normalized spacial score (nSPS) is 15.5. The van der Waals surface area contributed by atoms with Gasteiger partial charge in [-0.2, -0.15) is 0 Å². The summed E-state index contributed by atoms with van der Waals surface area (Å²) in [5, 5.41) is 2.88. The lowest BCUT2D eigenvalue weighted by atomic mass is 10.0. The maximum atomic E-state index is 12.7. The molecular formula is C23H26N2O4. The summed E-state index contributed by atoms with van der Waals surface area (Å²) >= 11 is 0. The number of ketones is 1.